The van der Waals surface area contributed by atoms with Crippen molar-refractivity contribution in [2.75, 3.05) is 26.2 Å². The topological polar surface area (TPSA) is 239 Å². The first-order valence-electron chi connectivity index (χ1n) is 8.60. The van der Waals surface area contributed by atoms with Crippen molar-refractivity contribution >= 4 is 10.4 Å². The van der Waals surface area contributed by atoms with Crippen molar-refractivity contribution < 1.29 is 44.9 Å². The minimum atomic E-state index is -4.67. The molecule has 2 bridgehead atoms. The lowest BCUT2D eigenvalue weighted by molar-refractivity contribution is -0.0718. The fourth-order valence-electron chi connectivity index (χ4n) is 5.25. The van der Waals surface area contributed by atoms with Gasteiger partial charge in [-0.1, -0.05) is 12.8 Å². The van der Waals surface area contributed by atoms with Crippen LogP contribution in [-0.4, -0.2) is 93.0 Å². The highest BCUT2D eigenvalue weighted by Gasteiger charge is 2.46. The van der Waals surface area contributed by atoms with Crippen LogP contribution in [-0.2, 0) is 10.4 Å². The number of fused-ring (bicyclic) bond motifs is 6. The van der Waals surface area contributed by atoms with Gasteiger partial charge in [0.25, 0.3) is 0 Å². The molecule has 4 aliphatic rings. The van der Waals surface area contributed by atoms with Crippen LogP contribution in [0.1, 0.15) is 44.9 Å². The summed E-state index contributed by atoms with van der Waals surface area (Å²) in [6, 6.07) is 1.92. The fraction of sp³-hybridized carbons (Fsp3) is 1.00. The monoisotopic (exact) mass is 422 g/mol. The average Bonchev–Trinajstić information content (AvgIpc) is 2.46. The Morgan fingerprint density at radius 2 is 1.00 bits per heavy atom. The molecule has 11 nitrogen and oxygen atoms in total. The SMILES string of the molecule is C1CCN2C[C@H]3C[C@@H](CN4CCCC[C@@H]34)[C@H]2C1.O.O.O.O.O.O=S(=O)(O)O. The first kappa shape index (κ1) is 31.3. The van der Waals surface area contributed by atoms with Gasteiger partial charge in [0.05, 0.1) is 0 Å². The maximum Gasteiger partial charge on any atom is 0.394 e. The first-order chi connectivity index (χ1) is 10.4. The van der Waals surface area contributed by atoms with Gasteiger partial charge < -0.3 is 27.4 Å². The van der Waals surface area contributed by atoms with Crippen molar-refractivity contribution in [1.82, 2.24) is 9.80 Å². The Balaban J connectivity index is -0.000000524. The lowest BCUT2D eigenvalue weighted by Crippen LogP contribution is -2.63. The quantitative estimate of drug-likeness (QED) is 0.402. The first-order valence-corrected chi connectivity index (χ1v) is 9.99. The van der Waals surface area contributed by atoms with E-state index in [2.05, 4.69) is 9.80 Å². The van der Waals surface area contributed by atoms with E-state index in [1.54, 1.807) is 6.42 Å². The molecule has 0 aromatic carbocycles. The summed E-state index contributed by atoms with van der Waals surface area (Å²) in [5.41, 5.74) is 0. The Kier molecular flexibility index (Phi) is 15.0. The third kappa shape index (κ3) is 8.23. The molecule has 0 aliphatic carbocycles. The second-order valence-corrected chi connectivity index (χ2v) is 8.22. The van der Waals surface area contributed by atoms with Gasteiger partial charge in [0.1, 0.15) is 0 Å². The summed E-state index contributed by atoms with van der Waals surface area (Å²) in [6.07, 6.45) is 10.5. The highest BCUT2D eigenvalue weighted by Crippen LogP contribution is 2.42. The normalized spacial score (nSPS) is 31.9. The number of piperidine rings is 4. The van der Waals surface area contributed by atoms with Crippen LogP contribution in [0.5, 0.6) is 0 Å². The molecular formula is C15H38N2O9S. The molecule has 4 atom stereocenters. The third-order valence-corrected chi connectivity index (χ3v) is 5.96. The van der Waals surface area contributed by atoms with Gasteiger partial charge in [0.15, 0.2) is 0 Å². The molecule has 4 rings (SSSR count). The van der Waals surface area contributed by atoms with Crippen LogP contribution in [0.15, 0.2) is 0 Å². The van der Waals surface area contributed by atoms with Crippen LogP contribution in [0.2, 0.25) is 0 Å². The Labute approximate surface area is 160 Å². The van der Waals surface area contributed by atoms with Crippen LogP contribution in [0, 0.1) is 11.8 Å². The summed E-state index contributed by atoms with van der Waals surface area (Å²) in [5.74, 6) is 2.03. The summed E-state index contributed by atoms with van der Waals surface area (Å²) in [4.78, 5) is 5.74. The predicted octanol–water partition coefficient (Wildman–Crippen LogP) is -2.43. The second-order valence-electron chi connectivity index (χ2n) is 7.32. The Morgan fingerprint density at radius 1 is 0.667 bits per heavy atom. The van der Waals surface area contributed by atoms with E-state index < -0.39 is 10.4 Å². The number of nitrogens with zero attached hydrogens (tertiary/aromatic N) is 2. The molecule has 168 valence electrons. The fourth-order valence-corrected chi connectivity index (χ4v) is 5.25. The van der Waals surface area contributed by atoms with Gasteiger partial charge in [0, 0.05) is 25.2 Å². The molecule has 4 saturated heterocycles. The van der Waals surface area contributed by atoms with Crippen molar-refractivity contribution in [3.05, 3.63) is 0 Å². The van der Waals surface area contributed by atoms with E-state index in [0.717, 1.165) is 23.9 Å². The number of hydrogen-bond donors (Lipinski definition) is 2. The van der Waals surface area contributed by atoms with Gasteiger partial charge in [-0.2, -0.15) is 8.42 Å². The lowest BCUT2D eigenvalue weighted by atomic mass is 9.71. The predicted molar refractivity (Wildman–Crippen MR) is 102 cm³/mol. The minimum absolute atomic E-state index is 0. The molecule has 4 fully saturated rings. The molecule has 0 saturated carbocycles. The smallest absolute Gasteiger partial charge is 0.394 e. The van der Waals surface area contributed by atoms with Gasteiger partial charge >= 0.3 is 10.4 Å². The molecule has 0 aromatic rings. The van der Waals surface area contributed by atoms with Gasteiger partial charge in [-0.05, 0) is 57.0 Å². The van der Waals surface area contributed by atoms with E-state index in [0.29, 0.717) is 0 Å². The molecule has 27 heavy (non-hydrogen) atoms. The molecule has 0 unspecified atom stereocenters. The molecule has 0 radical (unpaired) electrons. The van der Waals surface area contributed by atoms with Gasteiger partial charge in [0.2, 0.25) is 0 Å². The Morgan fingerprint density at radius 3 is 1.33 bits per heavy atom. The number of hydrogen-bond acceptors (Lipinski definition) is 4. The van der Waals surface area contributed by atoms with Crippen LogP contribution in [0.3, 0.4) is 0 Å². The molecule has 12 N–H and O–H groups in total. The number of rotatable bonds is 0. The van der Waals surface area contributed by atoms with Gasteiger partial charge in [-0.15, -0.1) is 0 Å². The molecule has 4 heterocycles. The van der Waals surface area contributed by atoms with Gasteiger partial charge in [-0.3, -0.25) is 18.9 Å². The molecule has 4 aliphatic heterocycles. The third-order valence-electron chi connectivity index (χ3n) is 5.96. The van der Waals surface area contributed by atoms with E-state index in [1.165, 1.54) is 64.7 Å². The minimum Gasteiger partial charge on any atom is -0.412 e. The lowest BCUT2D eigenvalue weighted by Gasteiger charge is -2.57. The van der Waals surface area contributed by atoms with E-state index in [4.69, 9.17) is 17.5 Å². The molecule has 0 amide bonds. The van der Waals surface area contributed by atoms with E-state index >= 15 is 0 Å². The zero-order valence-electron chi connectivity index (χ0n) is 15.6. The molecule has 12 heteroatoms. The van der Waals surface area contributed by atoms with Crippen LogP contribution in [0.25, 0.3) is 0 Å². The molecule has 0 spiro atoms. The van der Waals surface area contributed by atoms with E-state index in [-0.39, 0.29) is 27.4 Å². The highest BCUT2D eigenvalue weighted by atomic mass is 32.3. The van der Waals surface area contributed by atoms with Crippen molar-refractivity contribution in [2.45, 2.75) is 57.0 Å². The van der Waals surface area contributed by atoms with Crippen LogP contribution < -0.4 is 0 Å². The maximum atomic E-state index is 8.74. The Hall–Kier alpha value is -0.410. The van der Waals surface area contributed by atoms with Crippen molar-refractivity contribution in [2.24, 2.45) is 11.8 Å². The largest absolute Gasteiger partial charge is 0.412 e. The van der Waals surface area contributed by atoms with E-state index in [9.17, 15) is 0 Å². The zero-order valence-corrected chi connectivity index (χ0v) is 16.4. The Bertz CT molecular complexity index is 458. The maximum absolute atomic E-state index is 8.74. The van der Waals surface area contributed by atoms with Crippen LogP contribution >= 0.6 is 0 Å². The molecular weight excluding hydrogens is 384 g/mol. The zero-order chi connectivity index (χ0) is 15.7. The van der Waals surface area contributed by atoms with Gasteiger partial charge in [-0.25, -0.2) is 0 Å². The molecule has 0 aromatic heterocycles. The highest BCUT2D eigenvalue weighted by molar-refractivity contribution is 7.79. The van der Waals surface area contributed by atoms with E-state index in [1.807, 2.05) is 0 Å². The van der Waals surface area contributed by atoms with Crippen LogP contribution in [0.4, 0.5) is 0 Å². The van der Waals surface area contributed by atoms with Crippen molar-refractivity contribution in [3.63, 3.8) is 0 Å². The van der Waals surface area contributed by atoms with Crippen molar-refractivity contribution in [1.29, 1.82) is 0 Å². The summed E-state index contributed by atoms with van der Waals surface area (Å²) in [7, 11) is -4.67. The second kappa shape index (κ2) is 12.9. The average molecular weight is 423 g/mol. The summed E-state index contributed by atoms with van der Waals surface area (Å²) in [5, 5.41) is 0. The van der Waals surface area contributed by atoms with Crippen molar-refractivity contribution in [3.8, 4) is 0 Å². The standard InChI is InChI=1S/C15H26N2.H2O4S.5H2O/c1-3-7-16-11-13-9-12(14(16)5-1)10-17-8-4-2-6-15(13)17;1-5(2,3)4;;;;;/h12-15H,1-11H2;(H2,1,2,3,4);5*1H2/t12-,13+,14+,15-;;;;;;. The summed E-state index contributed by atoms with van der Waals surface area (Å²) < 4.78 is 31.6. The summed E-state index contributed by atoms with van der Waals surface area (Å²) >= 11 is 0. The summed E-state index contributed by atoms with van der Waals surface area (Å²) in [6.45, 7) is 5.68.